The Hall–Kier alpha value is -3.20. The van der Waals surface area contributed by atoms with Crippen molar-refractivity contribution in [2.45, 2.75) is 31.7 Å². The molecule has 150 valence electrons. The standard InChI is InChI=1S/C20H22N6O3/c1-23-19(28)26-14-20(29-12-17(26)22-23)7-8-24(13-20)18(27)16-9-21-25(11-16)10-15-5-3-2-4-6-15/h2-6,9,11H,7-8,10,12-14H2,1H3. The quantitative estimate of drug-likeness (QED) is 0.651. The van der Waals surface area contributed by atoms with Crippen LogP contribution in [0.5, 0.6) is 0 Å². The molecule has 1 atom stereocenters. The summed E-state index contributed by atoms with van der Waals surface area (Å²) in [7, 11) is 1.64. The molecule has 1 fully saturated rings. The van der Waals surface area contributed by atoms with Crippen molar-refractivity contribution in [3.63, 3.8) is 0 Å². The lowest BCUT2D eigenvalue weighted by Crippen LogP contribution is -2.47. The summed E-state index contributed by atoms with van der Waals surface area (Å²) in [5, 5.41) is 8.53. The normalized spacial score (nSPS) is 20.9. The van der Waals surface area contributed by atoms with E-state index in [9.17, 15) is 9.59 Å². The summed E-state index contributed by atoms with van der Waals surface area (Å²) in [6, 6.07) is 10.0. The second-order valence-corrected chi connectivity index (χ2v) is 7.77. The molecular weight excluding hydrogens is 372 g/mol. The van der Waals surface area contributed by atoms with Crippen molar-refractivity contribution in [1.82, 2.24) is 29.0 Å². The third-order valence-corrected chi connectivity index (χ3v) is 5.71. The van der Waals surface area contributed by atoms with Crippen LogP contribution in [0, 0.1) is 0 Å². The van der Waals surface area contributed by atoms with E-state index in [0.29, 0.717) is 44.0 Å². The Labute approximate surface area is 167 Å². The lowest BCUT2D eigenvalue weighted by molar-refractivity contribution is -0.0816. The highest BCUT2D eigenvalue weighted by molar-refractivity contribution is 5.94. The van der Waals surface area contributed by atoms with Crippen LogP contribution in [-0.2, 0) is 31.5 Å². The molecule has 3 aromatic rings. The lowest BCUT2D eigenvalue weighted by Gasteiger charge is -2.33. The van der Waals surface area contributed by atoms with Gasteiger partial charge in [-0.05, 0) is 12.0 Å². The van der Waals surface area contributed by atoms with Gasteiger partial charge in [-0.3, -0.25) is 14.0 Å². The molecule has 2 aliphatic heterocycles. The maximum absolute atomic E-state index is 13.0. The molecule has 2 aromatic heterocycles. The Morgan fingerprint density at radius 2 is 2.07 bits per heavy atom. The van der Waals surface area contributed by atoms with Crippen molar-refractivity contribution in [3.05, 3.63) is 70.2 Å². The Morgan fingerprint density at radius 1 is 1.24 bits per heavy atom. The number of likely N-dealkylation sites (tertiary alicyclic amines) is 1. The molecule has 4 heterocycles. The van der Waals surface area contributed by atoms with Crippen LogP contribution < -0.4 is 5.69 Å². The van der Waals surface area contributed by atoms with E-state index >= 15 is 0 Å². The van der Waals surface area contributed by atoms with Gasteiger partial charge in [0.25, 0.3) is 5.91 Å². The number of nitrogens with zero attached hydrogens (tertiary/aromatic N) is 6. The van der Waals surface area contributed by atoms with E-state index in [1.807, 2.05) is 30.3 Å². The summed E-state index contributed by atoms with van der Waals surface area (Å²) in [5.41, 5.74) is 1.01. The van der Waals surface area contributed by atoms with Crippen molar-refractivity contribution in [1.29, 1.82) is 0 Å². The minimum absolute atomic E-state index is 0.0610. The van der Waals surface area contributed by atoms with E-state index in [1.165, 1.54) is 4.68 Å². The fourth-order valence-corrected chi connectivity index (χ4v) is 4.15. The van der Waals surface area contributed by atoms with Gasteiger partial charge in [-0.25, -0.2) is 9.48 Å². The highest BCUT2D eigenvalue weighted by Gasteiger charge is 2.45. The topological polar surface area (TPSA) is 87.2 Å². The van der Waals surface area contributed by atoms with Crippen molar-refractivity contribution < 1.29 is 9.53 Å². The Morgan fingerprint density at radius 3 is 2.90 bits per heavy atom. The fourth-order valence-electron chi connectivity index (χ4n) is 4.15. The van der Waals surface area contributed by atoms with Gasteiger partial charge in [0.2, 0.25) is 0 Å². The summed E-state index contributed by atoms with van der Waals surface area (Å²) >= 11 is 0. The molecule has 0 N–H and O–H groups in total. The summed E-state index contributed by atoms with van der Waals surface area (Å²) < 4.78 is 10.8. The Kier molecular flexibility index (Phi) is 4.13. The summed E-state index contributed by atoms with van der Waals surface area (Å²) in [6.45, 7) is 2.37. The molecule has 0 bridgehead atoms. The molecule has 1 saturated heterocycles. The first-order valence-electron chi connectivity index (χ1n) is 9.65. The molecule has 2 aliphatic rings. The third-order valence-electron chi connectivity index (χ3n) is 5.71. The molecule has 5 rings (SSSR count). The SMILES string of the molecule is Cn1nc2n(c1=O)CC1(CCN(C(=O)c3cnn(Cc4ccccc4)c3)C1)OC2. The van der Waals surface area contributed by atoms with E-state index in [1.54, 1.807) is 33.6 Å². The van der Waals surface area contributed by atoms with E-state index in [2.05, 4.69) is 10.2 Å². The molecule has 0 aliphatic carbocycles. The molecular formula is C20H22N6O3. The van der Waals surface area contributed by atoms with Gasteiger partial charge in [-0.15, -0.1) is 0 Å². The summed E-state index contributed by atoms with van der Waals surface area (Å²) in [4.78, 5) is 27.0. The van der Waals surface area contributed by atoms with Gasteiger partial charge in [0.15, 0.2) is 5.82 Å². The van der Waals surface area contributed by atoms with E-state index in [-0.39, 0.29) is 18.2 Å². The van der Waals surface area contributed by atoms with Gasteiger partial charge in [0, 0.05) is 19.8 Å². The number of aryl methyl sites for hydroxylation is 1. The van der Waals surface area contributed by atoms with Crippen molar-refractivity contribution in [3.8, 4) is 0 Å². The summed E-state index contributed by atoms with van der Waals surface area (Å²) in [6.07, 6.45) is 4.09. The zero-order chi connectivity index (χ0) is 20.0. The molecule has 1 unspecified atom stereocenters. The van der Waals surface area contributed by atoms with E-state index < -0.39 is 5.60 Å². The second-order valence-electron chi connectivity index (χ2n) is 7.77. The number of hydrogen-bond donors (Lipinski definition) is 0. The molecule has 9 nitrogen and oxygen atoms in total. The third kappa shape index (κ3) is 3.17. The highest BCUT2D eigenvalue weighted by Crippen LogP contribution is 2.32. The molecule has 1 aromatic carbocycles. The van der Waals surface area contributed by atoms with Crippen LogP contribution in [-0.4, -0.2) is 53.6 Å². The Balaban J connectivity index is 1.29. The lowest BCUT2D eigenvalue weighted by atomic mass is 10.0. The predicted molar refractivity (Wildman–Crippen MR) is 103 cm³/mol. The zero-order valence-electron chi connectivity index (χ0n) is 16.2. The zero-order valence-corrected chi connectivity index (χ0v) is 16.2. The number of amides is 1. The number of rotatable bonds is 3. The van der Waals surface area contributed by atoms with Crippen LogP contribution in [0.15, 0.2) is 47.5 Å². The fraction of sp³-hybridized carbons (Fsp3) is 0.400. The van der Waals surface area contributed by atoms with Crippen LogP contribution in [0.4, 0.5) is 0 Å². The summed E-state index contributed by atoms with van der Waals surface area (Å²) in [5.74, 6) is 0.573. The number of carbonyl (C=O) groups is 1. The Bertz CT molecular complexity index is 1110. The molecule has 0 radical (unpaired) electrons. The van der Waals surface area contributed by atoms with Crippen LogP contribution >= 0.6 is 0 Å². The molecule has 1 spiro atoms. The number of fused-ring (bicyclic) bond motifs is 1. The first kappa shape index (κ1) is 17.9. The second kappa shape index (κ2) is 6.70. The molecule has 0 saturated carbocycles. The van der Waals surface area contributed by atoms with Gasteiger partial charge in [0.1, 0.15) is 12.2 Å². The number of carbonyl (C=O) groups excluding carboxylic acids is 1. The molecule has 29 heavy (non-hydrogen) atoms. The number of benzene rings is 1. The van der Waals surface area contributed by atoms with Crippen LogP contribution in [0.1, 0.15) is 28.2 Å². The van der Waals surface area contributed by atoms with Crippen LogP contribution in [0.3, 0.4) is 0 Å². The number of aromatic nitrogens is 5. The average molecular weight is 394 g/mol. The largest absolute Gasteiger partial charge is 0.363 e. The van der Waals surface area contributed by atoms with Gasteiger partial charge < -0.3 is 9.64 Å². The first-order chi connectivity index (χ1) is 14.0. The van der Waals surface area contributed by atoms with Crippen LogP contribution in [0.2, 0.25) is 0 Å². The van der Waals surface area contributed by atoms with Gasteiger partial charge in [0.05, 0.1) is 31.4 Å². The average Bonchev–Trinajstić information content (AvgIpc) is 3.43. The van der Waals surface area contributed by atoms with Crippen molar-refractivity contribution in [2.75, 3.05) is 13.1 Å². The maximum atomic E-state index is 13.0. The monoisotopic (exact) mass is 394 g/mol. The van der Waals surface area contributed by atoms with Gasteiger partial charge in [-0.2, -0.15) is 10.2 Å². The number of ether oxygens (including phenoxy) is 1. The first-order valence-corrected chi connectivity index (χ1v) is 9.65. The molecule has 1 amide bonds. The highest BCUT2D eigenvalue weighted by atomic mass is 16.5. The van der Waals surface area contributed by atoms with Gasteiger partial charge >= 0.3 is 5.69 Å². The number of hydrogen-bond acceptors (Lipinski definition) is 5. The minimum atomic E-state index is -0.532. The minimum Gasteiger partial charge on any atom is -0.363 e. The predicted octanol–water partition coefficient (Wildman–Crippen LogP) is 0.642. The molecule has 9 heteroatoms. The van der Waals surface area contributed by atoms with Gasteiger partial charge in [-0.1, -0.05) is 30.3 Å². The van der Waals surface area contributed by atoms with Crippen LogP contribution in [0.25, 0.3) is 0 Å². The van der Waals surface area contributed by atoms with Crippen molar-refractivity contribution in [2.24, 2.45) is 7.05 Å². The van der Waals surface area contributed by atoms with E-state index in [0.717, 1.165) is 5.56 Å². The smallest absolute Gasteiger partial charge is 0.345 e. The maximum Gasteiger partial charge on any atom is 0.345 e. The van der Waals surface area contributed by atoms with Crippen molar-refractivity contribution >= 4 is 5.91 Å². The van der Waals surface area contributed by atoms with E-state index in [4.69, 9.17) is 4.74 Å².